The number of benzene rings is 1. The lowest BCUT2D eigenvalue weighted by molar-refractivity contribution is 1.50. The molecule has 0 aliphatic carbocycles. The lowest BCUT2D eigenvalue weighted by Gasteiger charge is -1.86. The summed E-state index contributed by atoms with van der Waals surface area (Å²) in [6.07, 6.45) is 0. The van der Waals surface area contributed by atoms with Crippen LogP contribution in [0.5, 0.6) is 0 Å². The normalized spacial score (nSPS) is 9.25. The topological polar surface area (TPSA) is 12.9 Å². The highest BCUT2D eigenvalue weighted by molar-refractivity contribution is 7.16. The Morgan fingerprint density at radius 1 is 1.33 bits per heavy atom. The van der Waals surface area contributed by atoms with Crippen LogP contribution in [0.3, 0.4) is 0 Å². The second kappa shape index (κ2) is 4.43. The van der Waals surface area contributed by atoms with E-state index in [1.54, 1.807) is 11.3 Å². The SMILES string of the molecule is CC.Clc1ccc2ncsc2c1. The molecule has 0 aliphatic heterocycles. The molecule has 0 N–H and O–H groups in total. The van der Waals surface area contributed by atoms with Crippen LogP contribution in [0.4, 0.5) is 0 Å². The summed E-state index contributed by atoms with van der Waals surface area (Å²) in [6.45, 7) is 4.00. The maximum absolute atomic E-state index is 5.75. The molecule has 1 heterocycles. The molecule has 0 aliphatic rings. The summed E-state index contributed by atoms with van der Waals surface area (Å²) < 4.78 is 1.15. The van der Waals surface area contributed by atoms with Gasteiger partial charge in [-0.1, -0.05) is 25.4 Å². The van der Waals surface area contributed by atoms with Crippen molar-refractivity contribution in [2.45, 2.75) is 13.8 Å². The molecule has 12 heavy (non-hydrogen) atoms. The number of rotatable bonds is 0. The lowest BCUT2D eigenvalue weighted by Crippen LogP contribution is -1.64. The Labute approximate surface area is 81.0 Å². The Morgan fingerprint density at radius 3 is 2.83 bits per heavy atom. The Morgan fingerprint density at radius 2 is 2.08 bits per heavy atom. The van der Waals surface area contributed by atoms with Crippen molar-refractivity contribution in [3.63, 3.8) is 0 Å². The summed E-state index contributed by atoms with van der Waals surface area (Å²) in [6, 6.07) is 5.70. The first kappa shape index (κ1) is 9.49. The zero-order valence-corrected chi connectivity index (χ0v) is 8.62. The molecule has 3 heteroatoms. The van der Waals surface area contributed by atoms with Crippen LogP contribution in [0.1, 0.15) is 13.8 Å². The van der Waals surface area contributed by atoms with Crippen molar-refractivity contribution < 1.29 is 0 Å². The first-order chi connectivity index (χ1) is 5.86. The third-order valence-electron chi connectivity index (χ3n) is 1.29. The summed E-state index contributed by atoms with van der Waals surface area (Å²) in [5, 5.41) is 0.775. The molecule has 64 valence electrons. The number of fused-ring (bicyclic) bond motifs is 1. The van der Waals surface area contributed by atoms with Crippen molar-refractivity contribution in [3.05, 3.63) is 28.7 Å². The van der Waals surface area contributed by atoms with Crippen molar-refractivity contribution in [2.24, 2.45) is 0 Å². The lowest BCUT2D eigenvalue weighted by atomic mass is 10.3. The smallest absolute Gasteiger partial charge is 0.0813 e. The van der Waals surface area contributed by atoms with Gasteiger partial charge in [0.25, 0.3) is 0 Å². The molecule has 0 fully saturated rings. The fourth-order valence-electron chi connectivity index (χ4n) is 0.829. The van der Waals surface area contributed by atoms with Gasteiger partial charge in [0.2, 0.25) is 0 Å². The first-order valence-electron chi connectivity index (χ1n) is 3.85. The van der Waals surface area contributed by atoms with E-state index in [4.69, 9.17) is 11.6 Å². The molecular weight excluding hydrogens is 190 g/mol. The second-order valence-electron chi connectivity index (χ2n) is 1.96. The van der Waals surface area contributed by atoms with Gasteiger partial charge in [-0.25, -0.2) is 4.98 Å². The molecule has 0 unspecified atom stereocenters. The van der Waals surface area contributed by atoms with Gasteiger partial charge in [0, 0.05) is 5.02 Å². The highest BCUT2D eigenvalue weighted by Gasteiger charge is 1.94. The molecular formula is C9H10ClNS. The molecule has 0 bridgehead atoms. The van der Waals surface area contributed by atoms with Crippen LogP contribution in [-0.2, 0) is 0 Å². The number of aromatic nitrogens is 1. The van der Waals surface area contributed by atoms with E-state index in [1.165, 1.54) is 0 Å². The van der Waals surface area contributed by atoms with Gasteiger partial charge in [0.05, 0.1) is 15.7 Å². The zero-order chi connectivity index (χ0) is 8.97. The molecule has 0 amide bonds. The maximum atomic E-state index is 5.75. The standard InChI is InChI=1S/C7H4ClNS.C2H6/c8-5-1-2-6-7(3-5)10-4-9-6;1-2/h1-4H;1-2H3. The fraction of sp³-hybridized carbons (Fsp3) is 0.222. The van der Waals surface area contributed by atoms with E-state index in [1.807, 2.05) is 37.6 Å². The molecule has 0 spiro atoms. The van der Waals surface area contributed by atoms with Gasteiger partial charge in [-0.2, -0.15) is 0 Å². The average Bonchev–Trinajstić information content (AvgIpc) is 2.54. The van der Waals surface area contributed by atoms with Crippen LogP contribution in [0, 0.1) is 0 Å². The highest BCUT2D eigenvalue weighted by atomic mass is 35.5. The van der Waals surface area contributed by atoms with Crippen molar-refractivity contribution >= 4 is 33.2 Å². The Balaban J connectivity index is 0.000000336. The number of thiazole rings is 1. The summed E-state index contributed by atoms with van der Waals surface area (Å²) in [4.78, 5) is 4.12. The van der Waals surface area contributed by atoms with E-state index in [0.29, 0.717) is 0 Å². The van der Waals surface area contributed by atoms with Gasteiger partial charge in [0.15, 0.2) is 0 Å². The second-order valence-corrected chi connectivity index (χ2v) is 3.29. The monoisotopic (exact) mass is 199 g/mol. The van der Waals surface area contributed by atoms with E-state index in [9.17, 15) is 0 Å². The van der Waals surface area contributed by atoms with Crippen LogP contribution in [0.25, 0.3) is 10.2 Å². The zero-order valence-electron chi connectivity index (χ0n) is 7.04. The number of hydrogen-bond donors (Lipinski definition) is 0. The summed E-state index contributed by atoms with van der Waals surface area (Å²) in [5.74, 6) is 0. The van der Waals surface area contributed by atoms with Gasteiger partial charge in [-0.3, -0.25) is 0 Å². The van der Waals surface area contributed by atoms with E-state index in [-0.39, 0.29) is 0 Å². The van der Waals surface area contributed by atoms with Crippen molar-refractivity contribution in [1.29, 1.82) is 0 Å². The third-order valence-corrected chi connectivity index (χ3v) is 2.32. The molecule has 1 nitrogen and oxygen atoms in total. The number of hydrogen-bond acceptors (Lipinski definition) is 2. The Kier molecular flexibility index (Phi) is 3.50. The van der Waals surface area contributed by atoms with Crippen LogP contribution >= 0.6 is 22.9 Å². The van der Waals surface area contributed by atoms with E-state index in [2.05, 4.69) is 4.98 Å². The van der Waals surface area contributed by atoms with Gasteiger partial charge >= 0.3 is 0 Å². The predicted molar refractivity (Wildman–Crippen MR) is 56.0 cm³/mol. The Hall–Kier alpha value is -0.600. The van der Waals surface area contributed by atoms with Crippen molar-refractivity contribution in [2.75, 3.05) is 0 Å². The van der Waals surface area contributed by atoms with Crippen molar-refractivity contribution in [3.8, 4) is 0 Å². The highest BCUT2D eigenvalue weighted by Crippen LogP contribution is 2.21. The third kappa shape index (κ3) is 1.96. The number of halogens is 1. The maximum Gasteiger partial charge on any atom is 0.0813 e. The molecule has 0 saturated heterocycles. The van der Waals surface area contributed by atoms with Crippen LogP contribution in [-0.4, -0.2) is 4.98 Å². The van der Waals surface area contributed by atoms with Gasteiger partial charge in [-0.05, 0) is 18.2 Å². The van der Waals surface area contributed by atoms with Gasteiger partial charge in [-0.15, -0.1) is 11.3 Å². The summed E-state index contributed by atoms with van der Waals surface area (Å²) in [5.41, 5.74) is 2.84. The molecule has 1 aromatic carbocycles. The molecule has 0 atom stereocenters. The molecule has 0 radical (unpaired) electrons. The summed E-state index contributed by atoms with van der Waals surface area (Å²) >= 11 is 7.36. The largest absolute Gasteiger partial charge is 0.245 e. The molecule has 2 rings (SSSR count). The molecule has 1 aromatic heterocycles. The average molecular weight is 200 g/mol. The fourth-order valence-corrected chi connectivity index (χ4v) is 1.78. The molecule has 2 aromatic rings. The first-order valence-corrected chi connectivity index (χ1v) is 5.11. The minimum Gasteiger partial charge on any atom is -0.245 e. The van der Waals surface area contributed by atoms with E-state index >= 15 is 0 Å². The Bertz CT molecular complexity index is 356. The predicted octanol–water partition coefficient (Wildman–Crippen LogP) is 3.98. The van der Waals surface area contributed by atoms with Crippen LogP contribution in [0.2, 0.25) is 5.02 Å². The number of nitrogens with zero attached hydrogens (tertiary/aromatic N) is 1. The molecule has 0 saturated carbocycles. The quantitative estimate of drug-likeness (QED) is 0.626. The van der Waals surface area contributed by atoms with Gasteiger partial charge < -0.3 is 0 Å². The van der Waals surface area contributed by atoms with Crippen LogP contribution < -0.4 is 0 Å². The minimum atomic E-state index is 0.775. The van der Waals surface area contributed by atoms with Crippen molar-refractivity contribution in [1.82, 2.24) is 4.98 Å². The van der Waals surface area contributed by atoms with E-state index < -0.39 is 0 Å². The van der Waals surface area contributed by atoms with E-state index in [0.717, 1.165) is 15.2 Å². The van der Waals surface area contributed by atoms with Gasteiger partial charge in [0.1, 0.15) is 0 Å². The van der Waals surface area contributed by atoms with Crippen LogP contribution in [0.15, 0.2) is 23.7 Å². The minimum absolute atomic E-state index is 0.775. The summed E-state index contributed by atoms with van der Waals surface area (Å²) in [7, 11) is 0.